The van der Waals surface area contributed by atoms with Crippen molar-refractivity contribution in [2.75, 3.05) is 26.2 Å². The van der Waals surface area contributed by atoms with E-state index in [0.29, 0.717) is 0 Å². The van der Waals surface area contributed by atoms with Crippen LogP contribution in [0.4, 0.5) is 0 Å². The van der Waals surface area contributed by atoms with Gasteiger partial charge in [0.15, 0.2) is 0 Å². The zero-order valence-electron chi connectivity index (χ0n) is 26.3. The first-order chi connectivity index (χ1) is 16.6. The Morgan fingerprint density at radius 1 is 0.361 bits per heavy atom. The minimum absolute atomic E-state index is 0. The van der Waals surface area contributed by atoms with Crippen LogP contribution in [0, 0.1) is 23.7 Å². The van der Waals surface area contributed by atoms with Gasteiger partial charge in [0.25, 0.3) is 0 Å². The van der Waals surface area contributed by atoms with Gasteiger partial charge in [-0.3, -0.25) is 0 Å². The normalized spacial score (nSPS) is 14.0. The van der Waals surface area contributed by atoms with Crippen molar-refractivity contribution in [1.29, 1.82) is 0 Å². The molecule has 0 aromatic rings. The maximum atomic E-state index is 3.71. The first kappa shape index (κ1) is 43.5. The topological polar surface area (TPSA) is 24.1 Å². The van der Waals surface area contributed by atoms with Crippen molar-refractivity contribution in [2.24, 2.45) is 23.7 Å². The number of rotatable bonds is 24. The van der Waals surface area contributed by atoms with Gasteiger partial charge < -0.3 is 10.6 Å². The van der Waals surface area contributed by atoms with Crippen LogP contribution < -0.4 is 10.6 Å². The summed E-state index contributed by atoms with van der Waals surface area (Å²) >= 11 is 0. The molecule has 0 heterocycles. The Hall–Kier alpha value is 0.500. The number of unbranched alkanes of at least 4 members (excludes halogenated alkanes) is 4. The van der Waals surface area contributed by atoms with E-state index >= 15 is 0 Å². The lowest BCUT2D eigenvalue weighted by molar-refractivity contribution is 0.372. The van der Waals surface area contributed by atoms with Crippen LogP contribution in [0.1, 0.15) is 158 Å². The first-order valence-electron chi connectivity index (χ1n) is 16.0. The lowest BCUT2D eigenvalue weighted by Crippen LogP contribution is -2.28. The maximum absolute atomic E-state index is 3.71. The summed E-state index contributed by atoms with van der Waals surface area (Å²) < 4.78 is 0. The van der Waals surface area contributed by atoms with Gasteiger partial charge in [0.2, 0.25) is 0 Å². The van der Waals surface area contributed by atoms with Crippen LogP contribution in [0.3, 0.4) is 0 Å². The van der Waals surface area contributed by atoms with Crippen molar-refractivity contribution < 1.29 is 0 Å². The first-order valence-corrected chi connectivity index (χ1v) is 16.0. The summed E-state index contributed by atoms with van der Waals surface area (Å²) in [5.41, 5.74) is 0. The summed E-state index contributed by atoms with van der Waals surface area (Å²) in [7, 11) is 0. The minimum atomic E-state index is 0. The van der Waals surface area contributed by atoms with Crippen molar-refractivity contribution in [1.82, 2.24) is 10.6 Å². The van der Waals surface area contributed by atoms with Gasteiger partial charge in [0.05, 0.1) is 0 Å². The summed E-state index contributed by atoms with van der Waals surface area (Å²) in [6.45, 7) is 23.4. The van der Waals surface area contributed by atoms with Gasteiger partial charge in [0, 0.05) is 0 Å². The predicted molar refractivity (Wildman–Crippen MR) is 173 cm³/mol. The highest BCUT2D eigenvalue weighted by molar-refractivity contribution is 5.85. The Bertz CT molecular complexity index is 302. The molecule has 2 nitrogen and oxygen atoms in total. The van der Waals surface area contributed by atoms with Gasteiger partial charge in [-0.15, -0.1) is 24.8 Å². The average Bonchev–Trinajstić information content (AvgIpc) is 2.87. The molecule has 0 aromatic carbocycles. The van der Waals surface area contributed by atoms with Crippen LogP contribution in [0.25, 0.3) is 0 Å². The van der Waals surface area contributed by atoms with Crippen LogP contribution >= 0.6 is 24.8 Å². The third-order valence-corrected chi connectivity index (χ3v) is 7.91. The summed E-state index contributed by atoms with van der Waals surface area (Å²) in [6.07, 6.45) is 21.9. The van der Waals surface area contributed by atoms with Crippen molar-refractivity contribution in [3.8, 4) is 0 Å². The van der Waals surface area contributed by atoms with E-state index < -0.39 is 0 Å². The second-order valence-corrected chi connectivity index (χ2v) is 11.0. The van der Waals surface area contributed by atoms with Gasteiger partial charge in [-0.25, -0.2) is 0 Å². The highest BCUT2D eigenvalue weighted by Crippen LogP contribution is 2.15. The van der Waals surface area contributed by atoms with Crippen LogP contribution in [-0.2, 0) is 0 Å². The van der Waals surface area contributed by atoms with E-state index in [4.69, 9.17) is 0 Å². The fraction of sp³-hybridized carbons (Fsp3) is 1.00. The van der Waals surface area contributed by atoms with E-state index in [0.717, 1.165) is 23.7 Å². The lowest BCUT2D eigenvalue weighted by atomic mass is 9.97. The van der Waals surface area contributed by atoms with E-state index in [-0.39, 0.29) is 24.8 Å². The van der Waals surface area contributed by atoms with Crippen LogP contribution in [0.15, 0.2) is 0 Å². The standard InChI is InChI=1S/2C16H35N.2ClH/c2*1-5-9-11-15(7-3)13-17-14-16(8-4)12-10-6-2;;/h2*15-17H,5-14H2,1-4H3;2*1H. The smallest absolute Gasteiger partial charge is 0.00205 e. The molecule has 0 spiro atoms. The molecule has 0 rings (SSSR count). The second kappa shape index (κ2) is 35.5. The molecule has 0 aliphatic heterocycles. The molecular weight excluding hydrogens is 483 g/mol. The molecule has 0 amide bonds. The highest BCUT2D eigenvalue weighted by Gasteiger charge is 2.09. The zero-order chi connectivity index (χ0) is 25.9. The summed E-state index contributed by atoms with van der Waals surface area (Å²) in [4.78, 5) is 0. The Balaban J connectivity index is -0.000000269. The van der Waals surface area contributed by atoms with Crippen LogP contribution in [-0.4, -0.2) is 26.2 Å². The molecule has 4 atom stereocenters. The number of halogens is 2. The van der Waals surface area contributed by atoms with Gasteiger partial charge >= 0.3 is 0 Å². The molecule has 0 aromatic heterocycles. The lowest BCUT2D eigenvalue weighted by Gasteiger charge is -2.19. The minimum Gasteiger partial charge on any atom is -0.316 e. The van der Waals surface area contributed by atoms with Gasteiger partial charge in [0.1, 0.15) is 0 Å². The summed E-state index contributed by atoms with van der Waals surface area (Å²) in [5, 5.41) is 7.41. The van der Waals surface area contributed by atoms with Gasteiger partial charge in [-0.1, -0.05) is 132 Å². The van der Waals surface area contributed by atoms with E-state index in [1.165, 1.54) is 129 Å². The Morgan fingerprint density at radius 3 is 0.694 bits per heavy atom. The van der Waals surface area contributed by atoms with Crippen molar-refractivity contribution in [3.63, 3.8) is 0 Å². The molecule has 36 heavy (non-hydrogen) atoms. The SMILES string of the molecule is CCCCC(CC)CNCC(CC)CCCC.CCCCC(CC)CNCC(CC)CCCC.Cl.Cl. The zero-order valence-corrected chi connectivity index (χ0v) is 27.9. The molecule has 0 saturated heterocycles. The quantitative estimate of drug-likeness (QED) is 0.124. The summed E-state index contributed by atoms with van der Waals surface area (Å²) in [6, 6.07) is 0. The number of nitrogens with one attached hydrogen (secondary N) is 2. The van der Waals surface area contributed by atoms with Gasteiger partial charge in [-0.2, -0.15) is 0 Å². The molecule has 0 radical (unpaired) electrons. The fourth-order valence-electron chi connectivity index (χ4n) is 4.76. The van der Waals surface area contributed by atoms with Gasteiger partial charge in [-0.05, 0) is 75.5 Å². The molecule has 0 bridgehead atoms. The van der Waals surface area contributed by atoms with Crippen LogP contribution in [0.5, 0.6) is 0 Å². The second-order valence-electron chi connectivity index (χ2n) is 11.0. The van der Waals surface area contributed by atoms with Crippen LogP contribution in [0.2, 0.25) is 0 Å². The van der Waals surface area contributed by atoms with Crippen molar-refractivity contribution in [2.45, 2.75) is 158 Å². The van der Waals surface area contributed by atoms with E-state index in [1.807, 2.05) is 0 Å². The van der Waals surface area contributed by atoms with E-state index in [9.17, 15) is 0 Å². The molecule has 224 valence electrons. The number of hydrogen-bond acceptors (Lipinski definition) is 2. The molecule has 0 saturated carbocycles. The Morgan fingerprint density at radius 2 is 0.556 bits per heavy atom. The molecule has 0 aliphatic rings. The molecule has 2 N–H and O–H groups in total. The van der Waals surface area contributed by atoms with Crippen molar-refractivity contribution >= 4 is 24.8 Å². The molecular formula is C32H72Cl2N2. The molecule has 0 fully saturated rings. The number of hydrogen-bond donors (Lipinski definition) is 2. The fourth-order valence-corrected chi connectivity index (χ4v) is 4.76. The molecule has 4 heteroatoms. The third-order valence-electron chi connectivity index (χ3n) is 7.91. The largest absolute Gasteiger partial charge is 0.316 e. The predicted octanol–water partition coefficient (Wildman–Crippen LogP) is 10.9. The van der Waals surface area contributed by atoms with Crippen molar-refractivity contribution in [3.05, 3.63) is 0 Å². The summed E-state index contributed by atoms with van der Waals surface area (Å²) in [5.74, 6) is 3.61. The third kappa shape index (κ3) is 29.1. The highest BCUT2D eigenvalue weighted by atomic mass is 35.5. The average molecular weight is 556 g/mol. The van der Waals surface area contributed by atoms with E-state index in [1.54, 1.807) is 0 Å². The maximum Gasteiger partial charge on any atom is -0.00205 e. The monoisotopic (exact) mass is 555 g/mol. The molecule has 0 aliphatic carbocycles. The Labute approximate surface area is 242 Å². The Kier molecular flexibility index (Phi) is 42.9. The molecule has 4 unspecified atom stereocenters. The van der Waals surface area contributed by atoms with E-state index in [2.05, 4.69) is 66.0 Å².